The average Bonchev–Trinajstić information content (AvgIpc) is 2.48. The number of pyridine rings is 1. The highest BCUT2D eigenvalue weighted by Crippen LogP contribution is 2.25. The molecule has 3 N–H and O–H groups in total. The minimum Gasteiger partial charge on any atom is -0.341 e. The van der Waals surface area contributed by atoms with Gasteiger partial charge >= 0.3 is 0 Å². The maximum atomic E-state index is 14.0. The van der Waals surface area contributed by atoms with Crippen molar-refractivity contribution in [1.82, 2.24) is 9.88 Å². The van der Waals surface area contributed by atoms with E-state index in [2.05, 4.69) is 10.4 Å². The van der Waals surface area contributed by atoms with E-state index in [9.17, 15) is 9.18 Å². The predicted molar refractivity (Wildman–Crippen MR) is 75.5 cm³/mol. The Morgan fingerprint density at radius 1 is 1.50 bits per heavy atom. The highest BCUT2D eigenvalue weighted by Gasteiger charge is 2.22. The molecule has 1 aromatic heterocycles. The first-order valence-corrected chi connectivity index (χ1v) is 7.00. The molecule has 1 aliphatic rings. The number of nitrogens with zero attached hydrogens (tertiary/aromatic N) is 2. The third-order valence-electron chi connectivity index (χ3n) is 3.86. The number of nitrogen functional groups attached to an aromatic ring is 1. The second kappa shape index (κ2) is 6.65. The molecule has 0 radical (unpaired) electrons. The summed E-state index contributed by atoms with van der Waals surface area (Å²) in [6.07, 6.45) is 7.38. The smallest absolute Gasteiger partial charge is 0.256 e. The number of carbonyl (C=O) groups excluding carboxylic acids is 1. The van der Waals surface area contributed by atoms with Crippen LogP contribution in [0.1, 0.15) is 42.5 Å². The fraction of sp³-hybridized carbons (Fsp3) is 0.571. The zero-order valence-electron chi connectivity index (χ0n) is 11.7. The number of anilines is 1. The number of hydrogen-bond acceptors (Lipinski definition) is 4. The Morgan fingerprint density at radius 2 is 2.20 bits per heavy atom. The van der Waals surface area contributed by atoms with Crippen LogP contribution in [0, 0.1) is 11.7 Å². The van der Waals surface area contributed by atoms with E-state index in [-0.39, 0.29) is 17.3 Å². The minimum atomic E-state index is -0.699. The predicted octanol–water partition coefficient (Wildman–Crippen LogP) is 2.16. The molecule has 0 aromatic carbocycles. The molecule has 1 fully saturated rings. The lowest BCUT2D eigenvalue weighted by Crippen LogP contribution is -2.33. The van der Waals surface area contributed by atoms with Crippen LogP contribution < -0.4 is 11.3 Å². The van der Waals surface area contributed by atoms with Crippen molar-refractivity contribution >= 4 is 11.7 Å². The van der Waals surface area contributed by atoms with Crippen LogP contribution in [-0.2, 0) is 0 Å². The summed E-state index contributed by atoms with van der Waals surface area (Å²) in [7, 11) is 1.71. The van der Waals surface area contributed by atoms with Crippen molar-refractivity contribution in [2.24, 2.45) is 11.8 Å². The van der Waals surface area contributed by atoms with Crippen molar-refractivity contribution in [1.29, 1.82) is 0 Å². The summed E-state index contributed by atoms with van der Waals surface area (Å²) in [6, 6.07) is 1.38. The summed E-state index contributed by atoms with van der Waals surface area (Å²) in [5, 5.41) is 0. The van der Waals surface area contributed by atoms with E-state index in [0.717, 1.165) is 12.8 Å². The Bertz CT molecular complexity index is 474. The normalized spacial score (nSPS) is 15.9. The quantitative estimate of drug-likeness (QED) is 0.655. The summed E-state index contributed by atoms with van der Waals surface area (Å²) in [5.41, 5.74) is 2.16. The lowest BCUT2D eigenvalue weighted by atomic mass is 9.89. The minimum absolute atomic E-state index is 0.00580. The summed E-state index contributed by atoms with van der Waals surface area (Å²) in [5.74, 6) is 4.56. The van der Waals surface area contributed by atoms with Gasteiger partial charge in [-0.15, -0.1) is 0 Å². The highest BCUT2D eigenvalue weighted by molar-refractivity contribution is 5.95. The van der Waals surface area contributed by atoms with Gasteiger partial charge in [0.05, 0.1) is 5.56 Å². The summed E-state index contributed by atoms with van der Waals surface area (Å²) >= 11 is 0. The second-order valence-electron chi connectivity index (χ2n) is 5.36. The van der Waals surface area contributed by atoms with Crippen LogP contribution >= 0.6 is 0 Å². The molecular formula is C14H21FN4O. The Kier molecular flexibility index (Phi) is 4.89. The largest absolute Gasteiger partial charge is 0.341 e. The molecule has 0 aliphatic heterocycles. The number of nitrogens with one attached hydrogen (secondary N) is 1. The van der Waals surface area contributed by atoms with Crippen LogP contribution in [0.15, 0.2) is 12.3 Å². The van der Waals surface area contributed by atoms with Gasteiger partial charge in [0.25, 0.3) is 5.91 Å². The molecule has 1 heterocycles. The van der Waals surface area contributed by atoms with Gasteiger partial charge in [-0.3, -0.25) is 4.79 Å². The molecule has 0 saturated heterocycles. The molecule has 2 rings (SSSR count). The molecule has 0 unspecified atom stereocenters. The molecule has 20 heavy (non-hydrogen) atoms. The number of rotatable bonds is 4. The van der Waals surface area contributed by atoms with Gasteiger partial charge in [0, 0.05) is 19.8 Å². The van der Waals surface area contributed by atoms with Crippen molar-refractivity contribution in [2.45, 2.75) is 32.1 Å². The van der Waals surface area contributed by atoms with Crippen LogP contribution in [0.2, 0.25) is 0 Å². The molecule has 1 saturated carbocycles. The van der Waals surface area contributed by atoms with Crippen LogP contribution in [0.4, 0.5) is 10.2 Å². The van der Waals surface area contributed by atoms with E-state index in [4.69, 9.17) is 5.84 Å². The van der Waals surface area contributed by atoms with Gasteiger partial charge in [0.1, 0.15) is 0 Å². The molecule has 1 amide bonds. The number of nitrogens with two attached hydrogens (primary N) is 1. The zero-order chi connectivity index (χ0) is 14.5. The first kappa shape index (κ1) is 14.7. The molecule has 5 nitrogen and oxygen atoms in total. The van der Waals surface area contributed by atoms with Crippen LogP contribution in [-0.4, -0.2) is 29.4 Å². The molecule has 110 valence electrons. The molecule has 6 heteroatoms. The fourth-order valence-electron chi connectivity index (χ4n) is 2.76. The van der Waals surface area contributed by atoms with Crippen LogP contribution in [0.5, 0.6) is 0 Å². The number of aromatic nitrogens is 1. The van der Waals surface area contributed by atoms with Crippen molar-refractivity contribution in [3.05, 3.63) is 23.6 Å². The number of halogens is 1. The standard InChI is InChI=1S/C14H21FN4O/c1-19(9-10-5-3-2-4-6-10)14(20)11-7-8-17-13(18-16)12(11)15/h7-8,10H,2-6,9,16H2,1H3,(H,17,18). The summed E-state index contributed by atoms with van der Waals surface area (Å²) in [6.45, 7) is 0.673. The van der Waals surface area contributed by atoms with Crippen molar-refractivity contribution < 1.29 is 9.18 Å². The molecular weight excluding hydrogens is 259 g/mol. The fourth-order valence-corrected chi connectivity index (χ4v) is 2.76. The SMILES string of the molecule is CN(CC1CCCCC1)C(=O)c1ccnc(NN)c1F. The van der Waals surface area contributed by atoms with E-state index < -0.39 is 5.82 Å². The van der Waals surface area contributed by atoms with Gasteiger partial charge in [0.15, 0.2) is 11.6 Å². The first-order chi connectivity index (χ1) is 9.63. The van der Waals surface area contributed by atoms with Gasteiger partial charge in [-0.25, -0.2) is 15.2 Å². The second-order valence-corrected chi connectivity index (χ2v) is 5.36. The Labute approximate surface area is 118 Å². The zero-order valence-corrected chi connectivity index (χ0v) is 11.7. The number of hydrazine groups is 1. The molecule has 0 atom stereocenters. The Morgan fingerprint density at radius 3 is 2.85 bits per heavy atom. The lowest BCUT2D eigenvalue weighted by molar-refractivity contribution is 0.0756. The Hall–Kier alpha value is -1.69. The number of amides is 1. The molecule has 1 aromatic rings. The topological polar surface area (TPSA) is 71.2 Å². The van der Waals surface area contributed by atoms with E-state index >= 15 is 0 Å². The third-order valence-corrected chi connectivity index (χ3v) is 3.86. The Balaban J connectivity index is 2.06. The maximum Gasteiger partial charge on any atom is 0.256 e. The van der Waals surface area contributed by atoms with E-state index in [1.165, 1.54) is 31.5 Å². The molecule has 0 bridgehead atoms. The summed E-state index contributed by atoms with van der Waals surface area (Å²) in [4.78, 5) is 17.6. The average molecular weight is 280 g/mol. The van der Waals surface area contributed by atoms with E-state index in [0.29, 0.717) is 12.5 Å². The van der Waals surface area contributed by atoms with Gasteiger partial charge in [-0.05, 0) is 24.8 Å². The van der Waals surface area contributed by atoms with Crippen molar-refractivity contribution in [3.8, 4) is 0 Å². The van der Waals surface area contributed by atoms with Crippen molar-refractivity contribution in [2.75, 3.05) is 19.0 Å². The van der Waals surface area contributed by atoms with Crippen molar-refractivity contribution in [3.63, 3.8) is 0 Å². The van der Waals surface area contributed by atoms with E-state index in [1.807, 2.05) is 0 Å². The number of carbonyl (C=O) groups is 1. The van der Waals surface area contributed by atoms with Gasteiger partial charge < -0.3 is 10.3 Å². The lowest BCUT2D eigenvalue weighted by Gasteiger charge is -2.27. The van der Waals surface area contributed by atoms with Gasteiger partial charge in [-0.1, -0.05) is 19.3 Å². The van der Waals surface area contributed by atoms with Gasteiger partial charge in [0.2, 0.25) is 0 Å². The number of hydrogen-bond donors (Lipinski definition) is 2. The van der Waals surface area contributed by atoms with E-state index in [1.54, 1.807) is 11.9 Å². The molecule has 0 spiro atoms. The monoisotopic (exact) mass is 280 g/mol. The first-order valence-electron chi connectivity index (χ1n) is 7.00. The maximum absolute atomic E-state index is 14.0. The van der Waals surface area contributed by atoms with Crippen LogP contribution in [0.3, 0.4) is 0 Å². The van der Waals surface area contributed by atoms with Crippen LogP contribution in [0.25, 0.3) is 0 Å². The summed E-state index contributed by atoms with van der Waals surface area (Å²) < 4.78 is 14.0. The van der Waals surface area contributed by atoms with Gasteiger partial charge in [-0.2, -0.15) is 0 Å². The highest BCUT2D eigenvalue weighted by atomic mass is 19.1. The molecule has 1 aliphatic carbocycles. The third kappa shape index (κ3) is 3.25.